The molecular formula is C16H24N2O. The Kier molecular flexibility index (Phi) is 5.16. The van der Waals surface area contributed by atoms with Crippen LogP contribution in [-0.4, -0.2) is 6.03 Å². The number of carbonyl (C=O) groups excluding carboxylic acids is 1. The lowest BCUT2D eigenvalue weighted by Crippen LogP contribution is -2.32. The van der Waals surface area contributed by atoms with Gasteiger partial charge in [0.1, 0.15) is 0 Å². The van der Waals surface area contributed by atoms with E-state index in [1.165, 1.54) is 5.56 Å². The van der Waals surface area contributed by atoms with Gasteiger partial charge in [-0.1, -0.05) is 56.2 Å². The Morgan fingerprint density at radius 1 is 1.21 bits per heavy atom. The lowest BCUT2D eigenvalue weighted by atomic mass is 9.88. The fraction of sp³-hybridized carbons (Fsp3) is 0.438. The van der Waals surface area contributed by atoms with Crippen LogP contribution in [0.2, 0.25) is 0 Å². The van der Waals surface area contributed by atoms with Gasteiger partial charge in [-0.25, -0.2) is 4.79 Å². The van der Waals surface area contributed by atoms with Crippen LogP contribution in [0.3, 0.4) is 0 Å². The first-order valence-corrected chi connectivity index (χ1v) is 6.56. The fourth-order valence-corrected chi connectivity index (χ4v) is 1.33. The van der Waals surface area contributed by atoms with Crippen molar-refractivity contribution in [2.45, 2.75) is 41.2 Å². The third-order valence-electron chi connectivity index (χ3n) is 3.18. The standard InChI is InChI=1S/C16H24N2O/c1-12-6-8-14(9-7-12)11-18-15(19)17-10-13(2)16(3,4)5/h6-10H,11H2,1-5H3,(H2,17,18,19)/b13-10+. The number of benzene rings is 1. The van der Waals surface area contributed by atoms with Gasteiger partial charge < -0.3 is 10.6 Å². The molecule has 1 aromatic rings. The number of urea groups is 1. The zero-order chi connectivity index (χ0) is 14.5. The average Bonchev–Trinajstić information content (AvgIpc) is 2.34. The van der Waals surface area contributed by atoms with E-state index in [0.717, 1.165) is 11.1 Å². The van der Waals surface area contributed by atoms with E-state index in [4.69, 9.17) is 0 Å². The zero-order valence-corrected chi connectivity index (χ0v) is 12.5. The molecule has 0 aromatic heterocycles. The number of aryl methyl sites for hydroxylation is 1. The summed E-state index contributed by atoms with van der Waals surface area (Å²) in [7, 11) is 0. The van der Waals surface area contributed by atoms with Crippen LogP contribution in [0.15, 0.2) is 36.0 Å². The average molecular weight is 260 g/mol. The molecule has 0 unspecified atom stereocenters. The molecule has 1 rings (SSSR count). The van der Waals surface area contributed by atoms with E-state index in [1.807, 2.05) is 38.1 Å². The molecule has 0 aliphatic carbocycles. The smallest absolute Gasteiger partial charge is 0.319 e. The molecule has 0 spiro atoms. The summed E-state index contributed by atoms with van der Waals surface area (Å²) in [6, 6.07) is 7.94. The summed E-state index contributed by atoms with van der Waals surface area (Å²) < 4.78 is 0. The van der Waals surface area contributed by atoms with Crippen molar-refractivity contribution < 1.29 is 4.79 Å². The van der Waals surface area contributed by atoms with Gasteiger partial charge in [-0.2, -0.15) is 0 Å². The molecule has 0 atom stereocenters. The van der Waals surface area contributed by atoms with E-state index in [-0.39, 0.29) is 11.4 Å². The Bertz CT molecular complexity index is 453. The Hall–Kier alpha value is -1.77. The third kappa shape index (κ3) is 5.60. The van der Waals surface area contributed by atoms with Crippen molar-refractivity contribution >= 4 is 6.03 Å². The van der Waals surface area contributed by atoms with Gasteiger partial charge in [0.25, 0.3) is 0 Å². The number of carbonyl (C=O) groups is 1. The van der Waals surface area contributed by atoms with Crippen molar-refractivity contribution in [1.82, 2.24) is 10.6 Å². The highest BCUT2D eigenvalue weighted by molar-refractivity contribution is 5.75. The quantitative estimate of drug-likeness (QED) is 0.854. The first-order valence-electron chi connectivity index (χ1n) is 6.56. The topological polar surface area (TPSA) is 41.1 Å². The van der Waals surface area contributed by atoms with Crippen LogP contribution in [0.1, 0.15) is 38.8 Å². The molecule has 2 N–H and O–H groups in total. The van der Waals surface area contributed by atoms with Gasteiger partial charge in [0.05, 0.1) is 0 Å². The number of hydrogen-bond acceptors (Lipinski definition) is 1. The molecule has 0 fully saturated rings. The highest BCUT2D eigenvalue weighted by atomic mass is 16.2. The van der Waals surface area contributed by atoms with E-state index >= 15 is 0 Å². The van der Waals surface area contributed by atoms with E-state index in [1.54, 1.807) is 6.20 Å². The largest absolute Gasteiger partial charge is 0.334 e. The summed E-state index contributed by atoms with van der Waals surface area (Å²) in [5.74, 6) is 0. The van der Waals surface area contributed by atoms with Crippen LogP contribution >= 0.6 is 0 Å². The highest BCUT2D eigenvalue weighted by Crippen LogP contribution is 2.23. The van der Waals surface area contributed by atoms with Crippen LogP contribution < -0.4 is 10.6 Å². The van der Waals surface area contributed by atoms with Crippen LogP contribution in [0.5, 0.6) is 0 Å². The minimum atomic E-state index is -0.177. The first kappa shape index (κ1) is 15.3. The lowest BCUT2D eigenvalue weighted by Gasteiger charge is -2.19. The minimum absolute atomic E-state index is 0.0736. The van der Waals surface area contributed by atoms with Crippen molar-refractivity contribution in [1.29, 1.82) is 0 Å². The molecule has 2 amide bonds. The Morgan fingerprint density at radius 3 is 2.32 bits per heavy atom. The van der Waals surface area contributed by atoms with Gasteiger partial charge in [0.15, 0.2) is 0 Å². The minimum Gasteiger partial charge on any atom is -0.334 e. The van der Waals surface area contributed by atoms with Crippen molar-refractivity contribution in [3.05, 3.63) is 47.2 Å². The van der Waals surface area contributed by atoms with Crippen LogP contribution in [0, 0.1) is 12.3 Å². The molecule has 19 heavy (non-hydrogen) atoms. The number of hydrogen-bond donors (Lipinski definition) is 2. The van der Waals surface area contributed by atoms with E-state index in [2.05, 4.69) is 31.4 Å². The fourth-order valence-electron chi connectivity index (χ4n) is 1.33. The van der Waals surface area contributed by atoms with Crippen molar-refractivity contribution in [2.24, 2.45) is 5.41 Å². The molecule has 1 aromatic carbocycles. The predicted octanol–water partition coefficient (Wildman–Crippen LogP) is 3.74. The molecule has 0 bridgehead atoms. The van der Waals surface area contributed by atoms with Gasteiger partial charge in [-0.05, 0) is 24.8 Å². The van der Waals surface area contributed by atoms with Crippen molar-refractivity contribution in [3.63, 3.8) is 0 Å². The summed E-state index contributed by atoms with van der Waals surface area (Å²) in [5.41, 5.74) is 3.52. The second-order valence-corrected chi connectivity index (χ2v) is 5.89. The molecule has 0 saturated heterocycles. The van der Waals surface area contributed by atoms with E-state index in [9.17, 15) is 4.79 Å². The second kappa shape index (κ2) is 6.41. The summed E-state index contributed by atoms with van der Waals surface area (Å²) >= 11 is 0. The van der Waals surface area contributed by atoms with E-state index in [0.29, 0.717) is 6.54 Å². The molecule has 0 heterocycles. The SMILES string of the molecule is C/C(=C\NC(=O)NCc1ccc(C)cc1)C(C)(C)C. The molecule has 3 heteroatoms. The van der Waals surface area contributed by atoms with Gasteiger partial charge in [-0.15, -0.1) is 0 Å². The third-order valence-corrected chi connectivity index (χ3v) is 3.18. The van der Waals surface area contributed by atoms with Gasteiger partial charge in [-0.3, -0.25) is 0 Å². The Morgan fingerprint density at radius 2 is 1.79 bits per heavy atom. The maximum atomic E-state index is 11.6. The Labute approximate surface area is 116 Å². The molecular weight excluding hydrogens is 236 g/mol. The predicted molar refractivity (Wildman–Crippen MR) is 79.8 cm³/mol. The number of allylic oxidation sites excluding steroid dienone is 1. The normalized spacial score (nSPS) is 12.2. The van der Waals surface area contributed by atoms with Gasteiger partial charge >= 0.3 is 6.03 Å². The second-order valence-electron chi connectivity index (χ2n) is 5.89. The monoisotopic (exact) mass is 260 g/mol. The molecule has 0 aliphatic rings. The van der Waals surface area contributed by atoms with Crippen LogP contribution in [0.4, 0.5) is 4.79 Å². The highest BCUT2D eigenvalue weighted by Gasteiger charge is 2.12. The molecule has 0 aliphatic heterocycles. The van der Waals surface area contributed by atoms with Crippen molar-refractivity contribution in [3.8, 4) is 0 Å². The molecule has 0 saturated carbocycles. The number of amides is 2. The Balaban J connectivity index is 2.42. The number of nitrogens with one attached hydrogen (secondary N) is 2. The molecule has 0 radical (unpaired) electrons. The summed E-state index contributed by atoms with van der Waals surface area (Å²) in [5, 5.41) is 5.59. The first-order chi connectivity index (χ1) is 8.79. The zero-order valence-electron chi connectivity index (χ0n) is 12.5. The lowest BCUT2D eigenvalue weighted by molar-refractivity contribution is 0.243. The van der Waals surface area contributed by atoms with Gasteiger partial charge in [0.2, 0.25) is 0 Å². The van der Waals surface area contributed by atoms with Crippen LogP contribution in [-0.2, 0) is 6.54 Å². The molecule has 104 valence electrons. The number of rotatable bonds is 3. The summed E-state index contributed by atoms with van der Waals surface area (Å²) in [4.78, 5) is 11.6. The van der Waals surface area contributed by atoms with Gasteiger partial charge in [0, 0.05) is 12.7 Å². The van der Waals surface area contributed by atoms with Crippen LogP contribution in [0.25, 0.3) is 0 Å². The molecule has 3 nitrogen and oxygen atoms in total. The van der Waals surface area contributed by atoms with E-state index < -0.39 is 0 Å². The summed E-state index contributed by atoms with van der Waals surface area (Å²) in [6.45, 7) is 10.9. The maximum absolute atomic E-state index is 11.6. The maximum Gasteiger partial charge on any atom is 0.319 e. The summed E-state index contributed by atoms with van der Waals surface area (Å²) in [6.07, 6.45) is 1.77. The van der Waals surface area contributed by atoms with Crippen molar-refractivity contribution in [2.75, 3.05) is 0 Å².